The van der Waals surface area contributed by atoms with Gasteiger partial charge in [-0.1, -0.05) is 18.2 Å². The van der Waals surface area contributed by atoms with Crippen molar-refractivity contribution in [2.45, 2.75) is 6.54 Å². The molecule has 1 heterocycles. The highest BCUT2D eigenvalue weighted by molar-refractivity contribution is 5.79. The number of benzene rings is 1. The second-order valence-electron chi connectivity index (χ2n) is 4.80. The first-order valence-electron chi connectivity index (χ1n) is 6.13. The zero-order valence-electron chi connectivity index (χ0n) is 11.8. The fraction of sp³-hybridized carbons (Fsp3) is 0.357. The lowest BCUT2D eigenvalue weighted by Crippen LogP contribution is -2.11. The predicted octanol–water partition coefficient (Wildman–Crippen LogP) is 1.74. The predicted molar refractivity (Wildman–Crippen MR) is 77.0 cm³/mol. The van der Waals surface area contributed by atoms with Crippen molar-refractivity contribution in [3.63, 3.8) is 0 Å². The maximum absolute atomic E-state index is 6.04. The minimum absolute atomic E-state index is 0.639. The maximum atomic E-state index is 6.04. The van der Waals surface area contributed by atoms with Gasteiger partial charge in [-0.2, -0.15) is 5.10 Å². The van der Waals surface area contributed by atoms with Gasteiger partial charge in [0.1, 0.15) is 11.6 Å². The van der Waals surface area contributed by atoms with E-state index >= 15 is 0 Å². The van der Waals surface area contributed by atoms with Crippen molar-refractivity contribution in [1.82, 2.24) is 14.7 Å². The smallest absolute Gasteiger partial charge is 0.131 e. The number of aryl methyl sites for hydroxylation is 1. The molecule has 5 nitrogen and oxygen atoms in total. The van der Waals surface area contributed by atoms with Gasteiger partial charge >= 0.3 is 0 Å². The lowest BCUT2D eigenvalue weighted by atomic mass is 10.0. The van der Waals surface area contributed by atoms with Gasteiger partial charge in [-0.25, -0.2) is 0 Å². The summed E-state index contributed by atoms with van der Waals surface area (Å²) >= 11 is 0. The van der Waals surface area contributed by atoms with Gasteiger partial charge in [0.15, 0.2) is 0 Å². The molecule has 0 aliphatic rings. The Morgan fingerprint density at radius 1 is 1.32 bits per heavy atom. The van der Waals surface area contributed by atoms with E-state index in [1.54, 1.807) is 18.0 Å². The molecule has 0 saturated carbocycles. The molecule has 2 rings (SSSR count). The van der Waals surface area contributed by atoms with E-state index in [1.165, 1.54) is 0 Å². The Balaban J connectivity index is 2.54. The van der Waals surface area contributed by atoms with Crippen LogP contribution in [0.15, 0.2) is 24.4 Å². The number of nitrogens with zero attached hydrogens (tertiary/aromatic N) is 3. The van der Waals surface area contributed by atoms with Crippen molar-refractivity contribution in [2.24, 2.45) is 7.05 Å². The molecular formula is C14H20N4O. The average molecular weight is 260 g/mol. The average Bonchev–Trinajstić information content (AvgIpc) is 2.69. The Bertz CT molecular complexity index is 575. The summed E-state index contributed by atoms with van der Waals surface area (Å²) in [6.45, 7) is 0.817. The molecular weight excluding hydrogens is 240 g/mol. The number of aromatic nitrogens is 2. The third-order valence-corrected chi connectivity index (χ3v) is 3.06. The van der Waals surface area contributed by atoms with Crippen LogP contribution in [0.1, 0.15) is 5.56 Å². The fourth-order valence-electron chi connectivity index (χ4n) is 2.16. The summed E-state index contributed by atoms with van der Waals surface area (Å²) in [5.41, 5.74) is 9.06. The molecule has 0 bridgehead atoms. The van der Waals surface area contributed by atoms with E-state index in [1.807, 2.05) is 33.3 Å². The van der Waals surface area contributed by atoms with E-state index in [0.29, 0.717) is 5.82 Å². The standard InChI is InChI=1S/C14H20N4O/c1-17(2)9-10-6-5-7-11(13(10)19-4)12-8-16-18(3)14(12)15/h5-8H,9,15H2,1-4H3. The van der Waals surface area contributed by atoms with E-state index < -0.39 is 0 Å². The van der Waals surface area contributed by atoms with Crippen LogP contribution in [-0.2, 0) is 13.6 Å². The maximum Gasteiger partial charge on any atom is 0.131 e. The van der Waals surface area contributed by atoms with Crippen molar-refractivity contribution in [3.8, 4) is 16.9 Å². The monoisotopic (exact) mass is 260 g/mol. The van der Waals surface area contributed by atoms with Crippen LogP contribution in [0.5, 0.6) is 5.75 Å². The third kappa shape index (κ3) is 2.56. The van der Waals surface area contributed by atoms with Gasteiger partial charge in [-0.15, -0.1) is 0 Å². The lowest BCUT2D eigenvalue weighted by Gasteiger charge is -2.16. The molecule has 0 amide bonds. The number of methoxy groups -OCH3 is 1. The molecule has 19 heavy (non-hydrogen) atoms. The minimum Gasteiger partial charge on any atom is -0.496 e. The Kier molecular flexibility index (Phi) is 3.76. The Hall–Kier alpha value is -2.01. The SMILES string of the molecule is COc1c(CN(C)C)cccc1-c1cnn(C)c1N. The van der Waals surface area contributed by atoms with E-state index in [2.05, 4.69) is 16.1 Å². The van der Waals surface area contributed by atoms with Crippen molar-refractivity contribution in [3.05, 3.63) is 30.0 Å². The molecule has 0 fully saturated rings. The first-order chi connectivity index (χ1) is 9.04. The van der Waals surface area contributed by atoms with E-state index in [9.17, 15) is 0 Å². The van der Waals surface area contributed by atoms with Crippen LogP contribution < -0.4 is 10.5 Å². The molecule has 102 valence electrons. The van der Waals surface area contributed by atoms with Gasteiger partial charge in [-0.3, -0.25) is 4.68 Å². The van der Waals surface area contributed by atoms with E-state index in [4.69, 9.17) is 10.5 Å². The molecule has 1 aromatic carbocycles. The van der Waals surface area contributed by atoms with Crippen LogP contribution in [0.4, 0.5) is 5.82 Å². The van der Waals surface area contributed by atoms with Gasteiger partial charge in [0.2, 0.25) is 0 Å². The second-order valence-corrected chi connectivity index (χ2v) is 4.80. The molecule has 0 spiro atoms. The summed E-state index contributed by atoms with van der Waals surface area (Å²) < 4.78 is 7.24. The highest BCUT2D eigenvalue weighted by Gasteiger charge is 2.15. The van der Waals surface area contributed by atoms with E-state index in [0.717, 1.165) is 29.0 Å². The highest BCUT2D eigenvalue weighted by atomic mass is 16.5. The van der Waals surface area contributed by atoms with Gasteiger partial charge in [0.25, 0.3) is 0 Å². The zero-order chi connectivity index (χ0) is 14.0. The van der Waals surface area contributed by atoms with E-state index in [-0.39, 0.29) is 0 Å². The van der Waals surface area contributed by atoms with Crippen molar-refractivity contribution < 1.29 is 4.74 Å². The molecule has 2 N–H and O–H groups in total. The number of para-hydroxylation sites is 1. The van der Waals surface area contributed by atoms with Crippen LogP contribution in [0.2, 0.25) is 0 Å². The molecule has 0 saturated heterocycles. The summed E-state index contributed by atoms with van der Waals surface area (Å²) in [5, 5.41) is 4.18. The highest BCUT2D eigenvalue weighted by Crippen LogP contribution is 2.36. The molecule has 1 aromatic heterocycles. The van der Waals surface area contributed by atoms with Gasteiger partial charge in [-0.05, 0) is 14.1 Å². The number of rotatable bonds is 4. The van der Waals surface area contributed by atoms with Gasteiger partial charge in [0.05, 0.1) is 13.3 Å². The van der Waals surface area contributed by atoms with Crippen LogP contribution in [0.25, 0.3) is 11.1 Å². The quantitative estimate of drug-likeness (QED) is 0.909. The first-order valence-corrected chi connectivity index (χ1v) is 6.13. The van der Waals surface area contributed by atoms with Crippen LogP contribution in [0.3, 0.4) is 0 Å². The zero-order valence-corrected chi connectivity index (χ0v) is 11.8. The number of hydrogen-bond acceptors (Lipinski definition) is 4. The molecule has 0 aliphatic heterocycles. The summed E-state index contributed by atoms with van der Waals surface area (Å²) in [6, 6.07) is 6.09. The van der Waals surface area contributed by atoms with Crippen molar-refractivity contribution >= 4 is 5.82 Å². The Morgan fingerprint density at radius 2 is 2.05 bits per heavy atom. The number of nitrogens with two attached hydrogens (primary N) is 1. The number of ether oxygens (including phenoxy) is 1. The summed E-state index contributed by atoms with van der Waals surface area (Å²) in [6.07, 6.45) is 1.77. The lowest BCUT2D eigenvalue weighted by molar-refractivity contribution is 0.373. The van der Waals surface area contributed by atoms with Crippen LogP contribution in [-0.4, -0.2) is 35.9 Å². The van der Waals surface area contributed by atoms with Crippen LogP contribution in [0, 0.1) is 0 Å². The minimum atomic E-state index is 0.639. The Morgan fingerprint density at radius 3 is 2.58 bits per heavy atom. The second kappa shape index (κ2) is 5.32. The molecule has 0 aliphatic carbocycles. The van der Waals surface area contributed by atoms with Crippen molar-refractivity contribution in [2.75, 3.05) is 26.9 Å². The molecule has 0 atom stereocenters. The number of anilines is 1. The summed E-state index contributed by atoms with van der Waals surface area (Å²) in [5.74, 6) is 1.50. The first kappa shape index (κ1) is 13.4. The molecule has 2 aromatic rings. The molecule has 0 radical (unpaired) electrons. The Labute approximate surface area is 113 Å². The molecule has 5 heteroatoms. The third-order valence-electron chi connectivity index (χ3n) is 3.06. The topological polar surface area (TPSA) is 56.3 Å². The normalized spacial score (nSPS) is 11.0. The number of nitrogen functional groups attached to an aromatic ring is 1. The largest absolute Gasteiger partial charge is 0.496 e. The molecule has 0 unspecified atom stereocenters. The summed E-state index contributed by atoms with van der Waals surface area (Å²) in [7, 11) is 7.58. The fourth-order valence-corrected chi connectivity index (χ4v) is 2.16. The van der Waals surface area contributed by atoms with Crippen molar-refractivity contribution in [1.29, 1.82) is 0 Å². The summed E-state index contributed by atoms with van der Waals surface area (Å²) in [4.78, 5) is 2.11. The number of hydrogen-bond donors (Lipinski definition) is 1. The van der Waals surface area contributed by atoms with Gasteiger partial charge in [0, 0.05) is 30.3 Å². The van der Waals surface area contributed by atoms with Crippen LogP contribution >= 0.6 is 0 Å². The van der Waals surface area contributed by atoms with Gasteiger partial charge < -0.3 is 15.4 Å².